The monoisotopic (exact) mass is 388 g/mol. The van der Waals surface area contributed by atoms with Gasteiger partial charge in [0.15, 0.2) is 6.61 Å². The van der Waals surface area contributed by atoms with Gasteiger partial charge in [-0.2, -0.15) is 5.10 Å². The van der Waals surface area contributed by atoms with Crippen molar-refractivity contribution in [2.45, 2.75) is 13.8 Å². The SMILES string of the molecule is Cc1cccc(OCC(=O)N/N=C\c2cc([N+](=O)[O-])cc([N+](=O)[O-])c2O)c1C. The Morgan fingerprint density at radius 1 is 1.25 bits per heavy atom. The van der Waals surface area contributed by atoms with Gasteiger partial charge in [0.25, 0.3) is 11.6 Å². The number of benzene rings is 2. The third-order valence-electron chi connectivity index (χ3n) is 3.82. The van der Waals surface area contributed by atoms with Gasteiger partial charge in [0.2, 0.25) is 5.75 Å². The molecule has 0 unspecified atom stereocenters. The van der Waals surface area contributed by atoms with E-state index in [-0.39, 0.29) is 12.2 Å². The first-order valence-electron chi connectivity index (χ1n) is 7.87. The normalized spacial score (nSPS) is 10.6. The molecule has 0 spiro atoms. The van der Waals surface area contributed by atoms with Crippen LogP contribution in [-0.2, 0) is 4.79 Å². The molecule has 0 saturated heterocycles. The number of nitro benzene ring substituents is 2. The van der Waals surface area contributed by atoms with Crippen molar-refractivity contribution >= 4 is 23.5 Å². The topological polar surface area (TPSA) is 157 Å². The number of phenols is 1. The minimum atomic E-state index is -0.962. The van der Waals surface area contributed by atoms with E-state index < -0.39 is 32.9 Å². The summed E-state index contributed by atoms with van der Waals surface area (Å²) in [7, 11) is 0. The Morgan fingerprint density at radius 2 is 1.96 bits per heavy atom. The fourth-order valence-electron chi connectivity index (χ4n) is 2.20. The summed E-state index contributed by atoms with van der Waals surface area (Å²) in [5.41, 5.74) is 2.25. The maximum absolute atomic E-state index is 11.8. The van der Waals surface area contributed by atoms with Crippen molar-refractivity contribution in [3.63, 3.8) is 0 Å². The summed E-state index contributed by atoms with van der Waals surface area (Å²) in [6.07, 6.45) is 0.866. The average Bonchev–Trinajstić information content (AvgIpc) is 2.63. The van der Waals surface area contributed by atoms with Crippen LogP contribution in [-0.4, -0.2) is 33.7 Å². The molecule has 2 aromatic rings. The molecule has 0 heterocycles. The number of aromatic hydroxyl groups is 1. The Hall–Kier alpha value is -4.02. The Bertz CT molecular complexity index is 972. The molecule has 2 aromatic carbocycles. The van der Waals surface area contributed by atoms with Gasteiger partial charge in [-0.25, -0.2) is 5.43 Å². The predicted molar refractivity (Wildman–Crippen MR) is 98.6 cm³/mol. The summed E-state index contributed by atoms with van der Waals surface area (Å²) in [6, 6.07) is 6.91. The number of non-ortho nitro benzene ring substituents is 1. The first-order chi connectivity index (χ1) is 13.2. The van der Waals surface area contributed by atoms with E-state index in [1.807, 2.05) is 19.9 Å². The van der Waals surface area contributed by atoms with Crippen molar-refractivity contribution < 1.29 is 24.5 Å². The van der Waals surface area contributed by atoms with Gasteiger partial charge in [0.1, 0.15) is 5.75 Å². The second-order valence-corrected chi connectivity index (χ2v) is 5.70. The van der Waals surface area contributed by atoms with Crippen molar-refractivity contribution in [1.29, 1.82) is 0 Å². The number of ether oxygens (including phenoxy) is 1. The van der Waals surface area contributed by atoms with Crippen LogP contribution in [0.25, 0.3) is 0 Å². The van der Waals surface area contributed by atoms with Gasteiger partial charge in [-0.05, 0) is 31.0 Å². The summed E-state index contributed by atoms with van der Waals surface area (Å²) in [6.45, 7) is 3.40. The lowest BCUT2D eigenvalue weighted by molar-refractivity contribution is -0.394. The minimum Gasteiger partial charge on any atom is -0.502 e. The van der Waals surface area contributed by atoms with Crippen LogP contribution in [0.2, 0.25) is 0 Å². The van der Waals surface area contributed by atoms with Crippen LogP contribution in [0.15, 0.2) is 35.4 Å². The van der Waals surface area contributed by atoms with E-state index in [9.17, 15) is 30.1 Å². The number of rotatable bonds is 7. The van der Waals surface area contributed by atoms with Crippen molar-refractivity contribution in [3.8, 4) is 11.5 Å². The number of nitrogens with one attached hydrogen (secondary N) is 1. The number of phenolic OH excluding ortho intramolecular Hbond substituents is 1. The second kappa shape index (κ2) is 8.58. The number of hydrogen-bond acceptors (Lipinski definition) is 8. The standard InChI is InChI=1S/C17H16N4O7/c1-10-4-3-5-15(11(10)2)28-9-16(22)19-18-8-12-6-13(20(24)25)7-14(17(12)23)21(26)27/h3-8,23H,9H2,1-2H3,(H,19,22)/b18-8-. The molecule has 0 aliphatic carbocycles. The lowest BCUT2D eigenvalue weighted by Gasteiger charge is -2.09. The highest BCUT2D eigenvalue weighted by molar-refractivity contribution is 5.88. The molecule has 0 saturated carbocycles. The molecule has 11 heteroatoms. The van der Waals surface area contributed by atoms with Gasteiger partial charge >= 0.3 is 5.69 Å². The Kier molecular flexibility index (Phi) is 6.22. The predicted octanol–water partition coefficient (Wildman–Crippen LogP) is 2.35. The summed E-state index contributed by atoms with van der Waals surface area (Å²) < 4.78 is 5.39. The molecule has 2 N–H and O–H groups in total. The first kappa shape index (κ1) is 20.3. The molecule has 2 rings (SSSR count). The number of amides is 1. The summed E-state index contributed by atoms with van der Waals surface area (Å²) in [4.78, 5) is 31.8. The number of hydrogen-bond donors (Lipinski definition) is 2. The van der Waals surface area contributed by atoms with E-state index >= 15 is 0 Å². The van der Waals surface area contributed by atoms with Crippen molar-refractivity contribution in [3.05, 3.63) is 67.3 Å². The van der Waals surface area contributed by atoms with Gasteiger partial charge in [-0.1, -0.05) is 12.1 Å². The van der Waals surface area contributed by atoms with E-state index in [0.717, 1.165) is 23.4 Å². The van der Waals surface area contributed by atoms with E-state index in [1.165, 1.54) is 0 Å². The van der Waals surface area contributed by atoms with Crippen LogP contribution in [0.3, 0.4) is 0 Å². The highest BCUT2D eigenvalue weighted by Gasteiger charge is 2.23. The Morgan fingerprint density at radius 3 is 2.61 bits per heavy atom. The molecule has 0 aliphatic heterocycles. The second-order valence-electron chi connectivity index (χ2n) is 5.70. The van der Waals surface area contributed by atoms with Crippen LogP contribution in [0, 0.1) is 34.1 Å². The van der Waals surface area contributed by atoms with Crippen LogP contribution in [0.5, 0.6) is 11.5 Å². The molecule has 0 aliphatic rings. The highest BCUT2D eigenvalue weighted by Crippen LogP contribution is 2.33. The zero-order valence-corrected chi connectivity index (χ0v) is 14.9. The van der Waals surface area contributed by atoms with Gasteiger partial charge in [0, 0.05) is 6.07 Å². The molecule has 0 fully saturated rings. The third-order valence-corrected chi connectivity index (χ3v) is 3.82. The molecule has 146 valence electrons. The number of nitrogens with zero attached hydrogens (tertiary/aromatic N) is 3. The van der Waals surface area contributed by atoms with E-state index in [1.54, 1.807) is 12.1 Å². The summed E-state index contributed by atoms with van der Waals surface area (Å²) in [5.74, 6) is -0.900. The van der Waals surface area contributed by atoms with E-state index in [2.05, 4.69) is 10.5 Å². The van der Waals surface area contributed by atoms with Crippen LogP contribution >= 0.6 is 0 Å². The maximum atomic E-state index is 11.8. The molecule has 0 bridgehead atoms. The fourth-order valence-corrected chi connectivity index (χ4v) is 2.20. The Labute approximate surface area is 158 Å². The zero-order chi connectivity index (χ0) is 20.8. The lowest BCUT2D eigenvalue weighted by atomic mass is 10.1. The van der Waals surface area contributed by atoms with Gasteiger partial charge in [-0.3, -0.25) is 25.0 Å². The number of carbonyl (C=O) groups is 1. The number of hydrazone groups is 1. The van der Waals surface area contributed by atoms with E-state index in [0.29, 0.717) is 11.8 Å². The first-order valence-corrected chi connectivity index (χ1v) is 7.87. The van der Waals surface area contributed by atoms with Crippen LogP contribution in [0.4, 0.5) is 11.4 Å². The largest absolute Gasteiger partial charge is 0.502 e. The van der Waals surface area contributed by atoms with Crippen LogP contribution < -0.4 is 10.2 Å². The fraction of sp³-hybridized carbons (Fsp3) is 0.176. The molecule has 0 aromatic heterocycles. The zero-order valence-electron chi connectivity index (χ0n) is 14.9. The molecule has 0 radical (unpaired) electrons. The summed E-state index contributed by atoms with van der Waals surface area (Å²) >= 11 is 0. The Balaban J connectivity index is 2.07. The van der Waals surface area contributed by atoms with Crippen molar-refractivity contribution in [1.82, 2.24) is 5.43 Å². The molecular weight excluding hydrogens is 372 g/mol. The van der Waals surface area contributed by atoms with Crippen molar-refractivity contribution in [2.75, 3.05) is 6.61 Å². The van der Waals surface area contributed by atoms with Gasteiger partial charge in [-0.15, -0.1) is 0 Å². The lowest BCUT2D eigenvalue weighted by Crippen LogP contribution is -2.24. The number of aryl methyl sites for hydroxylation is 1. The average molecular weight is 388 g/mol. The highest BCUT2D eigenvalue weighted by atomic mass is 16.6. The minimum absolute atomic E-state index is 0.295. The molecular formula is C17H16N4O7. The summed E-state index contributed by atoms with van der Waals surface area (Å²) in [5, 5.41) is 35.1. The molecule has 28 heavy (non-hydrogen) atoms. The molecule has 0 atom stereocenters. The smallest absolute Gasteiger partial charge is 0.318 e. The molecule has 1 amide bonds. The van der Waals surface area contributed by atoms with Gasteiger partial charge < -0.3 is 9.84 Å². The van der Waals surface area contributed by atoms with Gasteiger partial charge in [0.05, 0.1) is 27.7 Å². The van der Waals surface area contributed by atoms with E-state index in [4.69, 9.17) is 4.74 Å². The third kappa shape index (κ3) is 4.78. The van der Waals surface area contributed by atoms with Crippen molar-refractivity contribution in [2.24, 2.45) is 5.10 Å². The number of nitro groups is 2. The quantitative estimate of drug-likeness (QED) is 0.418. The molecule has 11 nitrogen and oxygen atoms in total. The van der Waals surface area contributed by atoms with Crippen LogP contribution in [0.1, 0.15) is 16.7 Å². The maximum Gasteiger partial charge on any atom is 0.318 e. The number of carbonyl (C=O) groups excluding carboxylic acids is 1.